The second-order valence-electron chi connectivity index (χ2n) is 13.8. The van der Waals surface area contributed by atoms with Gasteiger partial charge in [-0.3, -0.25) is 9.69 Å². The first-order valence-corrected chi connectivity index (χ1v) is 16.7. The van der Waals surface area contributed by atoms with Crippen LogP contribution in [0.5, 0.6) is 11.5 Å². The standard InChI is InChI=1S/C36H45N9O7/c1-35(2,3)52-34(49)42-13-15-43(16-14-42)36(4,5)10-9-17-51-27-20-22(30(37)46)18-24-29(27)45(33(39)40-24)12-8-7-11-44-28-25(41-32(44)38)19-23(31(47)48)21-26(28)50-6/h7-8,18-21H,11-17H2,1-6H3,(H2,37,46)(H2,38,41)(H2,39,40)(H,47,48). The number of piperazine rings is 1. The lowest BCUT2D eigenvalue weighted by Gasteiger charge is -2.41. The summed E-state index contributed by atoms with van der Waals surface area (Å²) in [5, 5.41) is 9.45. The highest BCUT2D eigenvalue weighted by molar-refractivity contribution is 5.99. The first-order chi connectivity index (χ1) is 24.5. The van der Waals surface area contributed by atoms with E-state index in [1.807, 2.05) is 46.8 Å². The topological polar surface area (TPSA) is 219 Å². The van der Waals surface area contributed by atoms with Gasteiger partial charge in [0.1, 0.15) is 34.7 Å². The Labute approximate surface area is 301 Å². The number of benzene rings is 2. The third-order valence-corrected chi connectivity index (χ3v) is 8.58. The molecule has 3 heterocycles. The Bertz CT molecular complexity index is 2110. The zero-order valence-corrected chi connectivity index (χ0v) is 30.2. The number of methoxy groups -OCH3 is 1. The summed E-state index contributed by atoms with van der Waals surface area (Å²) >= 11 is 0. The molecule has 0 saturated carbocycles. The molecule has 0 unspecified atom stereocenters. The van der Waals surface area contributed by atoms with Gasteiger partial charge in [0.25, 0.3) is 0 Å². The fourth-order valence-corrected chi connectivity index (χ4v) is 5.98. The van der Waals surface area contributed by atoms with E-state index < -0.39 is 23.0 Å². The number of aromatic nitrogens is 4. The number of aromatic carboxylic acids is 1. The Morgan fingerprint density at radius 2 is 1.40 bits per heavy atom. The number of hydrogen-bond acceptors (Lipinski definition) is 11. The average molecular weight is 716 g/mol. The van der Waals surface area contributed by atoms with Gasteiger partial charge in [-0.1, -0.05) is 24.0 Å². The second-order valence-corrected chi connectivity index (χ2v) is 13.8. The minimum Gasteiger partial charge on any atom is -0.494 e. The zero-order valence-electron chi connectivity index (χ0n) is 30.2. The lowest BCUT2D eigenvalue weighted by Crippen LogP contribution is -2.55. The van der Waals surface area contributed by atoms with Gasteiger partial charge in [-0.2, -0.15) is 0 Å². The number of nitrogens with two attached hydrogens (primary N) is 3. The van der Waals surface area contributed by atoms with Crippen LogP contribution in [0.3, 0.4) is 0 Å². The molecular weight excluding hydrogens is 670 g/mol. The van der Waals surface area contributed by atoms with Gasteiger partial charge in [0.05, 0.1) is 29.2 Å². The summed E-state index contributed by atoms with van der Waals surface area (Å²) in [7, 11) is 1.45. The molecule has 1 fully saturated rings. The lowest BCUT2D eigenvalue weighted by molar-refractivity contribution is 0.00779. The molecule has 0 bridgehead atoms. The molecule has 16 heteroatoms. The molecule has 52 heavy (non-hydrogen) atoms. The highest BCUT2D eigenvalue weighted by Crippen LogP contribution is 2.31. The number of amides is 2. The molecule has 0 aliphatic carbocycles. The highest BCUT2D eigenvalue weighted by Gasteiger charge is 2.32. The normalized spacial score (nSPS) is 14.1. The molecule has 1 aliphatic heterocycles. The second kappa shape index (κ2) is 14.7. The van der Waals surface area contributed by atoms with Crippen molar-refractivity contribution < 1.29 is 33.7 Å². The number of hydrogen-bond donors (Lipinski definition) is 4. The van der Waals surface area contributed by atoms with Crippen molar-refractivity contribution in [2.24, 2.45) is 5.73 Å². The van der Waals surface area contributed by atoms with E-state index in [4.69, 9.17) is 31.4 Å². The van der Waals surface area contributed by atoms with Crippen molar-refractivity contribution in [1.29, 1.82) is 0 Å². The molecule has 4 aromatic rings. The Kier molecular flexibility index (Phi) is 10.6. The summed E-state index contributed by atoms with van der Waals surface area (Å²) < 4.78 is 20.5. The van der Waals surface area contributed by atoms with Crippen molar-refractivity contribution in [3.8, 4) is 23.3 Å². The van der Waals surface area contributed by atoms with E-state index in [9.17, 15) is 19.5 Å². The van der Waals surface area contributed by atoms with Crippen molar-refractivity contribution >= 4 is 51.9 Å². The van der Waals surface area contributed by atoms with Crippen LogP contribution in [0.2, 0.25) is 0 Å². The van der Waals surface area contributed by atoms with E-state index >= 15 is 0 Å². The molecular formula is C36H45N9O7. The van der Waals surface area contributed by atoms with Gasteiger partial charge in [0.2, 0.25) is 17.8 Å². The maximum atomic E-state index is 12.5. The smallest absolute Gasteiger partial charge is 0.410 e. The number of allylic oxidation sites excluding steroid dienone is 2. The number of fused-ring (bicyclic) bond motifs is 2. The Balaban J connectivity index is 1.31. The maximum absolute atomic E-state index is 12.5. The minimum atomic E-state index is -1.10. The average Bonchev–Trinajstić information content (AvgIpc) is 3.57. The van der Waals surface area contributed by atoms with Gasteiger partial charge in [-0.05, 0) is 58.9 Å². The number of anilines is 2. The molecule has 0 atom stereocenters. The number of carboxylic acids is 1. The molecule has 16 nitrogen and oxygen atoms in total. The Morgan fingerprint density at radius 3 is 1.92 bits per heavy atom. The van der Waals surface area contributed by atoms with Gasteiger partial charge in [-0.25, -0.2) is 19.6 Å². The molecule has 2 aromatic heterocycles. The van der Waals surface area contributed by atoms with E-state index in [0.717, 1.165) is 0 Å². The predicted octanol–water partition coefficient (Wildman–Crippen LogP) is 3.33. The van der Waals surface area contributed by atoms with E-state index in [1.165, 1.54) is 19.2 Å². The van der Waals surface area contributed by atoms with Crippen LogP contribution in [0.25, 0.3) is 22.1 Å². The first kappa shape index (κ1) is 37.3. The first-order valence-electron chi connectivity index (χ1n) is 16.7. The third kappa shape index (κ3) is 8.16. The van der Waals surface area contributed by atoms with Crippen molar-refractivity contribution in [3.05, 3.63) is 47.5 Å². The molecule has 276 valence electrons. The SMILES string of the molecule is COc1cc(C(=O)O)cc2nc(N)n(CC=CCn3c(N)nc4cc(C(N)=O)cc(OCC#CC(C)(C)N5CCN(C(=O)OC(C)(C)C)CC5)c43)c12. The zero-order chi connectivity index (χ0) is 38.0. The maximum Gasteiger partial charge on any atom is 0.410 e. The number of imidazole rings is 2. The summed E-state index contributed by atoms with van der Waals surface area (Å²) in [4.78, 5) is 48.9. The van der Waals surface area contributed by atoms with E-state index in [-0.39, 0.29) is 42.3 Å². The molecule has 1 aliphatic rings. The van der Waals surface area contributed by atoms with Crippen LogP contribution in [-0.2, 0) is 17.8 Å². The third-order valence-electron chi connectivity index (χ3n) is 8.58. The Hall–Kier alpha value is -5.95. The molecule has 1 saturated heterocycles. The molecule has 2 amide bonds. The van der Waals surface area contributed by atoms with Crippen LogP contribution >= 0.6 is 0 Å². The van der Waals surface area contributed by atoms with E-state index in [1.54, 1.807) is 26.2 Å². The number of carbonyl (C=O) groups excluding carboxylic acids is 2. The molecule has 2 aromatic carbocycles. The predicted molar refractivity (Wildman–Crippen MR) is 196 cm³/mol. The van der Waals surface area contributed by atoms with Crippen molar-refractivity contribution in [3.63, 3.8) is 0 Å². The number of ether oxygens (including phenoxy) is 3. The number of nitrogen functional groups attached to an aromatic ring is 2. The number of rotatable bonds is 10. The van der Waals surface area contributed by atoms with Crippen LogP contribution in [0.1, 0.15) is 55.3 Å². The van der Waals surface area contributed by atoms with Crippen LogP contribution in [0, 0.1) is 11.8 Å². The van der Waals surface area contributed by atoms with Gasteiger partial charge in [0.15, 0.2) is 0 Å². The summed E-state index contributed by atoms with van der Waals surface area (Å²) in [6, 6.07) is 5.97. The summed E-state index contributed by atoms with van der Waals surface area (Å²) in [5.74, 6) is 5.70. The van der Waals surface area contributed by atoms with Crippen LogP contribution in [-0.4, -0.2) is 103 Å². The number of carboxylic acid groups (broad SMARTS) is 1. The summed E-state index contributed by atoms with van der Waals surface area (Å²) in [6.07, 6.45) is 3.39. The molecule has 0 spiro atoms. The summed E-state index contributed by atoms with van der Waals surface area (Å²) in [6.45, 7) is 12.5. The fourth-order valence-electron chi connectivity index (χ4n) is 5.98. The number of primary amides is 1. The number of nitrogens with zero attached hydrogens (tertiary/aromatic N) is 6. The van der Waals surface area contributed by atoms with Crippen molar-refractivity contribution in [2.45, 2.75) is 58.8 Å². The summed E-state index contributed by atoms with van der Waals surface area (Å²) in [5.41, 5.74) is 19.3. The quantitative estimate of drug-likeness (QED) is 0.137. The van der Waals surface area contributed by atoms with Gasteiger partial charge in [-0.15, -0.1) is 0 Å². The lowest BCUT2D eigenvalue weighted by atomic mass is 10.0. The van der Waals surface area contributed by atoms with E-state index in [2.05, 4.69) is 26.7 Å². The van der Waals surface area contributed by atoms with Crippen molar-refractivity contribution in [1.82, 2.24) is 28.9 Å². The Morgan fingerprint density at radius 1 is 0.865 bits per heavy atom. The largest absolute Gasteiger partial charge is 0.494 e. The van der Waals surface area contributed by atoms with Gasteiger partial charge < -0.3 is 50.6 Å². The van der Waals surface area contributed by atoms with E-state index in [0.29, 0.717) is 66.3 Å². The minimum absolute atomic E-state index is 0.0119. The van der Waals surface area contributed by atoms with Crippen LogP contribution in [0.4, 0.5) is 16.7 Å². The van der Waals surface area contributed by atoms with Crippen molar-refractivity contribution in [2.75, 3.05) is 51.4 Å². The van der Waals surface area contributed by atoms with Crippen LogP contribution in [0.15, 0.2) is 36.4 Å². The highest BCUT2D eigenvalue weighted by atomic mass is 16.6. The monoisotopic (exact) mass is 715 g/mol. The van der Waals surface area contributed by atoms with Crippen LogP contribution < -0.4 is 26.7 Å². The fraction of sp³-hybridized carbons (Fsp3) is 0.417. The molecule has 7 N–H and O–H groups in total. The molecule has 5 rings (SSSR count). The number of carbonyl (C=O) groups is 3. The molecule has 0 radical (unpaired) electrons. The van der Waals surface area contributed by atoms with Gasteiger partial charge in [0, 0.05) is 44.8 Å². The van der Waals surface area contributed by atoms with Gasteiger partial charge >= 0.3 is 12.1 Å².